The van der Waals surface area contributed by atoms with Gasteiger partial charge in [0.05, 0.1) is 29.9 Å². The van der Waals surface area contributed by atoms with Gasteiger partial charge in [-0.1, -0.05) is 0 Å². The summed E-state index contributed by atoms with van der Waals surface area (Å²) in [6, 6.07) is 7.65. The lowest BCUT2D eigenvalue weighted by atomic mass is 9.78. The standard InChI is InChI=1S/C21H27BN2O6/c1-20(2)21(3,4)30-22(29-20)14-10-17-16(6-5-7-23-17)18(11-14)28-13-15-12-24(19(25)26)8-9-27-15/h5-7,10-11,15H,8-9,12-13H2,1-4H3,(H,25,26)/t15-/m0/s1. The number of ether oxygens (including phenoxy) is 2. The van der Waals surface area contributed by atoms with Gasteiger partial charge >= 0.3 is 13.2 Å². The first-order valence-electron chi connectivity index (χ1n) is 10.1. The van der Waals surface area contributed by atoms with Crippen LogP contribution >= 0.6 is 0 Å². The normalized spacial score (nSPS) is 23.0. The Morgan fingerprint density at radius 2 is 2.03 bits per heavy atom. The second kappa shape index (κ2) is 7.72. The number of carboxylic acid groups (broad SMARTS) is 1. The SMILES string of the molecule is CC1(C)OB(c2cc(OC[C@@H]3CN(C(=O)O)CCO3)c3cccnc3c2)OC1(C)C. The van der Waals surface area contributed by atoms with Gasteiger partial charge in [-0.15, -0.1) is 0 Å². The molecule has 8 nitrogen and oxygen atoms in total. The summed E-state index contributed by atoms with van der Waals surface area (Å²) in [6.07, 6.45) is 0.456. The minimum Gasteiger partial charge on any atom is -0.490 e. The molecule has 0 saturated carbocycles. The molecule has 30 heavy (non-hydrogen) atoms. The zero-order chi connectivity index (χ0) is 21.5. The van der Waals surface area contributed by atoms with Crippen LogP contribution in [0.25, 0.3) is 10.9 Å². The van der Waals surface area contributed by atoms with Gasteiger partial charge in [-0.2, -0.15) is 0 Å². The molecule has 0 unspecified atom stereocenters. The maximum atomic E-state index is 11.2. The molecule has 2 saturated heterocycles. The quantitative estimate of drug-likeness (QED) is 0.768. The molecular weight excluding hydrogens is 387 g/mol. The molecular formula is C21H27BN2O6. The summed E-state index contributed by atoms with van der Waals surface area (Å²) in [7, 11) is -0.530. The number of nitrogens with zero attached hydrogens (tertiary/aromatic N) is 2. The van der Waals surface area contributed by atoms with Gasteiger partial charge in [0.25, 0.3) is 0 Å². The third-order valence-electron chi connectivity index (χ3n) is 6.06. The Labute approximate surface area is 176 Å². The van der Waals surface area contributed by atoms with Crippen LogP contribution in [-0.4, -0.2) is 71.8 Å². The fourth-order valence-electron chi connectivity index (χ4n) is 3.58. The van der Waals surface area contributed by atoms with Crippen molar-refractivity contribution in [3.8, 4) is 5.75 Å². The number of rotatable bonds is 4. The summed E-state index contributed by atoms with van der Waals surface area (Å²) >= 11 is 0. The maximum Gasteiger partial charge on any atom is 0.495 e. The van der Waals surface area contributed by atoms with Crippen molar-refractivity contribution in [1.82, 2.24) is 9.88 Å². The van der Waals surface area contributed by atoms with E-state index in [9.17, 15) is 9.90 Å². The molecule has 9 heteroatoms. The van der Waals surface area contributed by atoms with Gasteiger partial charge in [0.2, 0.25) is 0 Å². The molecule has 160 valence electrons. The van der Waals surface area contributed by atoms with Gasteiger partial charge in [0, 0.05) is 18.1 Å². The highest BCUT2D eigenvalue weighted by Gasteiger charge is 2.51. The Morgan fingerprint density at radius 3 is 2.73 bits per heavy atom. The summed E-state index contributed by atoms with van der Waals surface area (Å²) in [5.74, 6) is 0.640. The lowest BCUT2D eigenvalue weighted by Gasteiger charge is -2.32. The van der Waals surface area contributed by atoms with Crippen LogP contribution in [-0.2, 0) is 14.0 Å². The number of morpholine rings is 1. The minimum absolute atomic E-state index is 0.237. The van der Waals surface area contributed by atoms with E-state index in [4.69, 9.17) is 18.8 Å². The smallest absolute Gasteiger partial charge is 0.490 e. The summed E-state index contributed by atoms with van der Waals surface area (Å²) in [5, 5.41) is 10.1. The van der Waals surface area contributed by atoms with E-state index >= 15 is 0 Å². The van der Waals surface area contributed by atoms with E-state index in [1.165, 1.54) is 4.90 Å². The fraction of sp³-hybridized carbons (Fsp3) is 0.524. The number of amides is 1. The molecule has 1 N–H and O–H groups in total. The van der Waals surface area contributed by atoms with Gasteiger partial charge in [-0.3, -0.25) is 4.98 Å². The summed E-state index contributed by atoms with van der Waals surface area (Å²) in [4.78, 5) is 17.1. The van der Waals surface area contributed by atoms with Crippen LogP contribution in [0.5, 0.6) is 5.75 Å². The molecule has 1 aromatic carbocycles. The number of fused-ring (bicyclic) bond motifs is 1. The van der Waals surface area contributed by atoms with Crippen molar-refractivity contribution in [3.05, 3.63) is 30.5 Å². The number of pyridine rings is 1. The summed E-state index contributed by atoms with van der Waals surface area (Å²) in [6.45, 7) is 9.29. The molecule has 0 spiro atoms. The largest absolute Gasteiger partial charge is 0.495 e. The molecule has 2 fully saturated rings. The van der Waals surface area contributed by atoms with E-state index in [1.54, 1.807) is 6.20 Å². The van der Waals surface area contributed by atoms with E-state index in [2.05, 4.69) is 4.98 Å². The molecule has 2 aromatic rings. The van der Waals surface area contributed by atoms with Gasteiger partial charge in [-0.25, -0.2) is 4.79 Å². The van der Waals surface area contributed by atoms with Crippen molar-refractivity contribution in [2.24, 2.45) is 0 Å². The van der Waals surface area contributed by atoms with Gasteiger partial charge in [0.1, 0.15) is 18.5 Å². The number of hydrogen-bond donors (Lipinski definition) is 1. The average molecular weight is 414 g/mol. The first-order chi connectivity index (χ1) is 14.2. The lowest BCUT2D eigenvalue weighted by molar-refractivity contribution is -0.0409. The number of benzene rings is 1. The van der Waals surface area contributed by atoms with Crippen LogP contribution in [0.15, 0.2) is 30.5 Å². The second-order valence-electron chi connectivity index (χ2n) is 8.71. The Balaban J connectivity index is 1.58. The third-order valence-corrected chi connectivity index (χ3v) is 6.06. The Morgan fingerprint density at radius 1 is 1.30 bits per heavy atom. The Hall–Kier alpha value is -2.36. The Kier molecular flexibility index (Phi) is 5.38. The van der Waals surface area contributed by atoms with E-state index in [0.29, 0.717) is 18.9 Å². The van der Waals surface area contributed by atoms with Crippen molar-refractivity contribution in [3.63, 3.8) is 0 Å². The molecule has 4 rings (SSSR count). The zero-order valence-corrected chi connectivity index (χ0v) is 17.8. The van der Waals surface area contributed by atoms with Crippen LogP contribution < -0.4 is 10.2 Å². The molecule has 1 atom stereocenters. The molecule has 1 aromatic heterocycles. The number of hydrogen-bond acceptors (Lipinski definition) is 6. The van der Waals surface area contributed by atoms with Crippen LogP contribution in [0.1, 0.15) is 27.7 Å². The van der Waals surface area contributed by atoms with Crippen molar-refractivity contribution in [2.45, 2.75) is 45.0 Å². The van der Waals surface area contributed by atoms with Crippen LogP contribution in [0, 0.1) is 0 Å². The first kappa shape index (κ1) is 20.9. The monoisotopic (exact) mass is 414 g/mol. The minimum atomic E-state index is -0.944. The van der Waals surface area contributed by atoms with Crippen LogP contribution in [0.4, 0.5) is 4.79 Å². The highest BCUT2D eigenvalue weighted by molar-refractivity contribution is 6.62. The molecule has 2 aliphatic heterocycles. The van der Waals surface area contributed by atoms with Crippen molar-refractivity contribution < 1.29 is 28.7 Å². The molecule has 2 aliphatic rings. The third kappa shape index (κ3) is 3.97. The molecule has 0 bridgehead atoms. The van der Waals surface area contributed by atoms with E-state index in [1.807, 2.05) is 52.0 Å². The molecule has 0 aliphatic carbocycles. The number of aromatic nitrogens is 1. The van der Waals surface area contributed by atoms with Crippen LogP contribution in [0.2, 0.25) is 0 Å². The summed E-state index contributed by atoms with van der Waals surface area (Å²) < 4.78 is 24.2. The lowest BCUT2D eigenvalue weighted by Crippen LogP contribution is -2.47. The summed E-state index contributed by atoms with van der Waals surface area (Å²) in [5.41, 5.74) is 0.699. The van der Waals surface area contributed by atoms with Gasteiger partial charge < -0.3 is 28.8 Å². The van der Waals surface area contributed by atoms with Crippen molar-refractivity contribution in [2.75, 3.05) is 26.3 Å². The van der Waals surface area contributed by atoms with Crippen molar-refractivity contribution in [1.29, 1.82) is 0 Å². The second-order valence-corrected chi connectivity index (χ2v) is 8.71. The maximum absolute atomic E-state index is 11.2. The van der Waals surface area contributed by atoms with Gasteiger partial charge in [-0.05, 0) is 57.4 Å². The van der Waals surface area contributed by atoms with E-state index < -0.39 is 24.4 Å². The number of carbonyl (C=O) groups is 1. The molecule has 0 radical (unpaired) electrons. The first-order valence-corrected chi connectivity index (χ1v) is 10.1. The molecule has 1 amide bonds. The Bertz CT molecular complexity index is 934. The highest BCUT2D eigenvalue weighted by atomic mass is 16.7. The van der Waals surface area contributed by atoms with Gasteiger partial charge in [0.15, 0.2) is 0 Å². The van der Waals surface area contributed by atoms with E-state index in [-0.39, 0.29) is 19.3 Å². The predicted molar refractivity (Wildman–Crippen MR) is 112 cm³/mol. The van der Waals surface area contributed by atoms with E-state index in [0.717, 1.165) is 16.4 Å². The molecule has 3 heterocycles. The fourth-order valence-corrected chi connectivity index (χ4v) is 3.58. The van der Waals surface area contributed by atoms with Crippen molar-refractivity contribution >= 4 is 29.6 Å². The van der Waals surface area contributed by atoms with Crippen LogP contribution in [0.3, 0.4) is 0 Å². The topological polar surface area (TPSA) is 90.4 Å². The predicted octanol–water partition coefficient (Wildman–Crippen LogP) is 2.29. The highest BCUT2D eigenvalue weighted by Crippen LogP contribution is 2.37. The average Bonchev–Trinajstić information content (AvgIpc) is 2.93. The zero-order valence-electron chi connectivity index (χ0n) is 17.8.